The van der Waals surface area contributed by atoms with Crippen molar-refractivity contribution in [1.82, 2.24) is 9.29 Å². The minimum atomic E-state index is -3.71. The van der Waals surface area contributed by atoms with Crippen molar-refractivity contribution in [2.75, 3.05) is 13.1 Å². The Labute approximate surface area is 188 Å². The second-order valence-corrected chi connectivity index (χ2v) is 11.3. The summed E-state index contributed by atoms with van der Waals surface area (Å²) in [6.45, 7) is 0.946. The fraction of sp³-hybridized carbons (Fsp3) is 0.300. The first-order valence-corrected chi connectivity index (χ1v) is 12.4. The van der Waals surface area contributed by atoms with E-state index in [1.54, 1.807) is 6.07 Å². The number of carboxylic acids is 1. The van der Waals surface area contributed by atoms with Crippen molar-refractivity contribution < 1.29 is 18.3 Å². The molecule has 0 amide bonds. The van der Waals surface area contributed by atoms with Crippen LogP contribution in [0.15, 0.2) is 35.2 Å². The largest absolute Gasteiger partial charge is 0.478 e. The summed E-state index contributed by atoms with van der Waals surface area (Å²) in [5.74, 6) is -1.18. The lowest BCUT2D eigenvalue weighted by molar-refractivity contribution is 0.0699. The van der Waals surface area contributed by atoms with Crippen LogP contribution in [0, 0.1) is 0 Å². The molecule has 1 aliphatic heterocycles. The van der Waals surface area contributed by atoms with Gasteiger partial charge >= 0.3 is 5.97 Å². The minimum absolute atomic E-state index is 0.0405. The second-order valence-electron chi connectivity index (χ2n) is 7.10. The Morgan fingerprint density at radius 1 is 1.07 bits per heavy atom. The van der Waals surface area contributed by atoms with Crippen molar-refractivity contribution >= 4 is 61.4 Å². The van der Waals surface area contributed by atoms with Gasteiger partial charge in [0.05, 0.1) is 26.0 Å². The van der Waals surface area contributed by atoms with Gasteiger partial charge in [0, 0.05) is 24.0 Å². The van der Waals surface area contributed by atoms with E-state index in [4.69, 9.17) is 23.2 Å². The molecule has 1 aromatic carbocycles. The molecule has 1 fully saturated rings. The van der Waals surface area contributed by atoms with Gasteiger partial charge in [-0.2, -0.15) is 4.31 Å². The van der Waals surface area contributed by atoms with Crippen molar-refractivity contribution in [3.63, 3.8) is 0 Å². The molecule has 6 nitrogen and oxygen atoms in total. The van der Waals surface area contributed by atoms with Crippen LogP contribution in [0.2, 0.25) is 8.67 Å². The summed E-state index contributed by atoms with van der Waals surface area (Å²) in [5, 5.41) is 10.0. The predicted molar refractivity (Wildman–Crippen MR) is 119 cm³/mol. The molecule has 3 heterocycles. The van der Waals surface area contributed by atoms with Crippen molar-refractivity contribution in [1.29, 1.82) is 0 Å². The monoisotopic (exact) mass is 484 g/mol. The fourth-order valence-electron chi connectivity index (χ4n) is 3.63. The van der Waals surface area contributed by atoms with E-state index < -0.39 is 16.0 Å². The molecular formula is C20H18Cl2N2O4S2. The molecule has 1 aliphatic rings. The predicted octanol–water partition coefficient (Wildman–Crippen LogP) is 5.53. The molecule has 0 atom stereocenters. The summed E-state index contributed by atoms with van der Waals surface area (Å²) in [6, 6.07) is 7.45. The topological polar surface area (TPSA) is 87.6 Å². The highest BCUT2D eigenvalue weighted by Crippen LogP contribution is 2.38. The van der Waals surface area contributed by atoms with Crippen LogP contribution in [0.1, 0.15) is 36.0 Å². The normalized spacial score (nSPS) is 15.9. The Morgan fingerprint density at radius 2 is 1.77 bits per heavy atom. The van der Waals surface area contributed by atoms with Crippen LogP contribution >= 0.6 is 34.5 Å². The molecular weight excluding hydrogens is 467 g/mol. The molecule has 1 saturated heterocycles. The van der Waals surface area contributed by atoms with E-state index in [1.165, 1.54) is 39.9 Å². The number of aromatic nitrogens is 1. The molecule has 30 heavy (non-hydrogen) atoms. The van der Waals surface area contributed by atoms with Crippen LogP contribution in [0.3, 0.4) is 0 Å². The quantitative estimate of drug-likeness (QED) is 0.525. The Hall–Kier alpha value is -1.71. The zero-order chi connectivity index (χ0) is 21.5. The first-order chi connectivity index (χ1) is 14.3. The van der Waals surface area contributed by atoms with Gasteiger partial charge in [-0.3, -0.25) is 0 Å². The third-order valence-electron chi connectivity index (χ3n) is 5.15. The summed E-state index contributed by atoms with van der Waals surface area (Å²) >= 11 is 13.4. The minimum Gasteiger partial charge on any atom is -0.478 e. The van der Waals surface area contributed by atoms with Crippen LogP contribution in [0.4, 0.5) is 0 Å². The van der Waals surface area contributed by atoms with Gasteiger partial charge in [0.1, 0.15) is 4.34 Å². The highest BCUT2D eigenvalue weighted by Gasteiger charge is 2.26. The first kappa shape index (κ1) is 21.5. The standard InChI is InChI=1S/C20H18Cl2N2O4S2/c21-18-11-15(19(22)29-18)17-10-14(20(25)26)13-9-12(5-6-16(13)23-17)30(27,28)24-7-3-1-2-4-8-24/h5-6,9-11H,1-4,7-8H2,(H,25,26). The third-order valence-corrected chi connectivity index (χ3v) is 8.53. The Kier molecular flexibility index (Phi) is 6.05. The van der Waals surface area contributed by atoms with Gasteiger partial charge in [0.25, 0.3) is 0 Å². The van der Waals surface area contributed by atoms with Crippen molar-refractivity contribution in [3.8, 4) is 11.3 Å². The lowest BCUT2D eigenvalue weighted by Gasteiger charge is -2.20. The van der Waals surface area contributed by atoms with E-state index in [2.05, 4.69) is 4.98 Å². The number of hydrogen-bond acceptors (Lipinski definition) is 5. The summed E-state index contributed by atoms with van der Waals surface area (Å²) < 4.78 is 28.6. The maximum Gasteiger partial charge on any atom is 0.336 e. The molecule has 158 valence electrons. The van der Waals surface area contributed by atoms with E-state index in [9.17, 15) is 18.3 Å². The number of benzene rings is 1. The van der Waals surface area contributed by atoms with E-state index in [-0.39, 0.29) is 15.8 Å². The summed E-state index contributed by atoms with van der Waals surface area (Å²) in [5.41, 5.74) is 1.24. The number of carboxylic acid groups (broad SMARTS) is 1. The lowest BCUT2D eigenvalue weighted by Crippen LogP contribution is -2.31. The number of aromatic carboxylic acids is 1. The Bertz CT molecular complexity index is 1230. The average molecular weight is 485 g/mol. The number of sulfonamides is 1. The number of rotatable bonds is 4. The number of nitrogens with zero attached hydrogens (tertiary/aromatic N) is 2. The maximum atomic E-state index is 13.1. The van der Waals surface area contributed by atoms with Gasteiger partial charge in [0.2, 0.25) is 10.0 Å². The molecule has 0 unspecified atom stereocenters. The molecule has 1 N–H and O–H groups in total. The van der Waals surface area contributed by atoms with Gasteiger partial charge in [-0.25, -0.2) is 18.2 Å². The van der Waals surface area contributed by atoms with Gasteiger partial charge in [-0.15, -0.1) is 11.3 Å². The highest BCUT2D eigenvalue weighted by atomic mass is 35.5. The molecule has 4 rings (SSSR count). The Morgan fingerprint density at radius 3 is 2.37 bits per heavy atom. The average Bonchev–Trinajstić information content (AvgIpc) is 2.90. The van der Waals surface area contributed by atoms with Crippen LogP contribution < -0.4 is 0 Å². The number of hydrogen-bond donors (Lipinski definition) is 1. The van der Waals surface area contributed by atoms with E-state index in [0.29, 0.717) is 38.5 Å². The van der Waals surface area contributed by atoms with Crippen LogP contribution in [0.5, 0.6) is 0 Å². The summed E-state index contributed by atoms with van der Waals surface area (Å²) in [7, 11) is -3.71. The molecule has 3 aromatic rings. The number of thiophene rings is 1. The van der Waals surface area contributed by atoms with E-state index >= 15 is 0 Å². The van der Waals surface area contributed by atoms with Gasteiger partial charge in [-0.1, -0.05) is 36.0 Å². The zero-order valence-corrected chi connectivity index (χ0v) is 18.9. The van der Waals surface area contributed by atoms with Gasteiger partial charge in [-0.05, 0) is 43.2 Å². The third kappa shape index (κ3) is 4.07. The molecule has 0 saturated carbocycles. The van der Waals surface area contributed by atoms with E-state index in [1.807, 2.05) is 0 Å². The van der Waals surface area contributed by atoms with Crippen LogP contribution in [0.25, 0.3) is 22.2 Å². The number of halogens is 2. The van der Waals surface area contributed by atoms with Crippen molar-refractivity contribution in [3.05, 3.63) is 44.6 Å². The molecule has 0 aliphatic carbocycles. The van der Waals surface area contributed by atoms with Crippen molar-refractivity contribution in [2.45, 2.75) is 30.6 Å². The first-order valence-electron chi connectivity index (χ1n) is 9.41. The summed E-state index contributed by atoms with van der Waals surface area (Å²) in [6.07, 6.45) is 3.66. The number of pyridine rings is 1. The molecule has 0 spiro atoms. The van der Waals surface area contributed by atoms with E-state index in [0.717, 1.165) is 25.7 Å². The van der Waals surface area contributed by atoms with Gasteiger partial charge < -0.3 is 5.11 Å². The van der Waals surface area contributed by atoms with Crippen molar-refractivity contribution in [2.24, 2.45) is 0 Å². The smallest absolute Gasteiger partial charge is 0.336 e. The second kappa shape index (κ2) is 8.43. The van der Waals surface area contributed by atoms with Gasteiger partial charge in [0.15, 0.2) is 0 Å². The SMILES string of the molecule is O=C(O)c1cc(-c2cc(Cl)sc2Cl)nc2ccc(S(=O)(=O)N3CCCCCC3)cc12. The lowest BCUT2D eigenvalue weighted by atomic mass is 10.1. The molecule has 0 radical (unpaired) electrons. The molecule has 10 heteroatoms. The van der Waals surface area contributed by atoms with Crippen LogP contribution in [-0.2, 0) is 10.0 Å². The highest BCUT2D eigenvalue weighted by molar-refractivity contribution is 7.89. The Balaban J connectivity index is 1.84. The van der Waals surface area contributed by atoms with Crippen LogP contribution in [-0.4, -0.2) is 41.9 Å². The fourth-order valence-corrected chi connectivity index (χ4v) is 6.65. The molecule has 0 bridgehead atoms. The zero-order valence-electron chi connectivity index (χ0n) is 15.8. The molecule has 2 aromatic heterocycles. The number of carbonyl (C=O) groups is 1. The maximum absolute atomic E-state index is 13.1. The number of fused-ring (bicyclic) bond motifs is 1. The summed E-state index contributed by atoms with van der Waals surface area (Å²) in [4.78, 5) is 16.5.